The molecular weight excluding hydrogens is 476 g/mol. The van der Waals surface area contributed by atoms with E-state index in [2.05, 4.69) is 20.0 Å². The highest BCUT2D eigenvalue weighted by Crippen LogP contribution is 2.42. The molecule has 0 fully saturated rings. The second-order valence-corrected chi connectivity index (χ2v) is 14.4. The van der Waals surface area contributed by atoms with Gasteiger partial charge in [-0.05, 0) is 38.1 Å². The van der Waals surface area contributed by atoms with Crippen molar-refractivity contribution >= 4 is 30.2 Å². The Morgan fingerprint density at radius 3 is 2.03 bits per heavy atom. The molecule has 1 heterocycles. The summed E-state index contributed by atoms with van der Waals surface area (Å²) in [6.45, 7) is 10.6. The van der Waals surface area contributed by atoms with Crippen molar-refractivity contribution in [3.8, 4) is 28.7 Å². The van der Waals surface area contributed by atoms with Crippen molar-refractivity contribution in [2.45, 2.75) is 58.9 Å². The van der Waals surface area contributed by atoms with E-state index in [-0.39, 0.29) is 11.9 Å². The van der Waals surface area contributed by atoms with Gasteiger partial charge in [0.15, 0.2) is 28.6 Å². The maximum Gasteiger partial charge on any atom is 0.205 e. The van der Waals surface area contributed by atoms with Crippen LogP contribution in [-0.2, 0) is 0 Å². The van der Waals surface area contributed by atoms with Crippen molar-refractivity contribution in [1.29, 1.82) is 0 Å². The van der Waals surface area contributed by atoms with E-state index >= 15 is 0 Å². The van der Waals surface area contributed by atoms with E-state index in [4.69, 9.17) is 28.1 Å². The van der Waals surface area contributed by atoms with Crippen molar-refractivity contribution in [2.75, 3.05) is 28.4 Å². The molecular formula is C28H38O7Si. The zero-order chi connectivity index (χ0) is 26.6. The van der Waals surface area contributed by atoms with Crippen LogP contribution in [0.2, 0.25) is 19.1 Å². The molecule has 3 rings (SSSR count). The molecule has 0 aliphatic heterocycles. The summed E-state index contributed by atoms with van der Waals surface area (Å²) in [7, 11) is 4.06. The summed E-state index contributed by atoms with van der Waals surface area (Å²) in [5, 5.41) is 1.46. The molecule has 0 bridgehead atoms. The third-order valence-corrected chi connectivity index (χ3v) is 9.46. The highest BCUT2D eigenvalue weighted by molar-refractivity contribution is 6.90. The largest absolute Gasteiger partial charge is 0.493 e. The SMILES string of the molecule is CCCC[Si](C)(C)c1oc2c(OC(C)C)c(OC)ccc2c1C(=O)c1cc(OC)c(OC)c(OC)c1. The second-order valence-electron chi connectivity index (χ2n) is 9.68. The number of ketones is 1. The van der Waals surface area contributed by atoms with Crippen LogP contribution in [0.5, 0.6) is 28.7 Å². The van der Waals surface area contributed by atoms with Gasteiger partial charge in [-0.1, -0.05) is 38.9 Å². The molecule has 7 nitrogen and oxygen atoms in total. The van der Waals surface area contributed by atoms with Gasteiger partial charge in [-0.25, -0.2) is 0 Å². The lowest BCUT2D eigenvalue weighted by Crippen LogP contribution is -2.43. The van der Waals surface area contributed by atoms with Crippen molar-refractivity contribution in [2.24, 2.45) is 0 Å². The van der Waals surface area contributed by atoms with Crippen LogP contribution in [0, 0.1) is 0 Å². The normalized spacial score (nSPS) is 11.6. The third-order valence-electron chi connectivity index (χ3n) is 6.27. The molecule has 8 heteroatoms. The minimum absolute atomic E-state index is 0.0994. The molecule has 2 aromatic carbocycles. The molecule has 0 saturated heterocycles. The molecule has 0 radical (unpaired) electrons. The minimum atomic E-state index is -2.15. The molecule has 3 aromatic rings. The number of carbonyl (C=O) groups is 1. The number of carbonyl (C=O) groups excluding carboxylic acids is 1. The zero-order valence-electron chi connectivity index (χ0n) is 22.9. The number of benzene rings is 2. The monoisotopic (exact) mass is 514 g/mol. The Labute approximate surface area is 214 Å². The predicted octanol–water partition coefficient (Wildman–Crippen LogP) is 6.20. The summed E-state index contributed by atoms with van der Waals surface area (Å²) in [6, 6.07) is 8.07. The van der Waals surface area contributed by atoms with Gasteiger partial charge in [0.1, 0.15) is 8.07 Å². The number of hydrogen-bond donors (Lipinski definition) is 0. The molecule has 196 valence electrons. The van der Waals surface area contributed by atoms with Crippen LogP contribution in [0.25, 0.3) is 11.0 Å². The molecule has 36 heavy (non-hydrogen) atoms. The van der Waals surface area contributed by atoms with Crippen molar-refractivity contribution in [3.05, 3.63) is 35.4 Å². The summed E-state index contributed by atoms with van der Waals surface area (Å²) >= 11 is 0. The lowest BCUT2D eigenvalue weighted by molar-refractivity contribution is 0.104. The van der Waals surface area contributed by atoms with Gasteiger partial charge in [0, 0.05) is 10.9 Å². The van der Waals surface area contributed by atoms with Gasteiger partial charge in [0.05, 0.1) is 45.5 Å². The van der Waals surface area contributed by atoms with E-state index in [0.29, 0.717) is 50.8 Å². The Hall–Kier alpha value is -3.13. The van der Waals surface area contributed by atoms with Crippen LogP contribution in [0.3, 0.4) is 0 Å². The summed E-state index contributed by atoms with van der Waals surface area (Å²) in [5.74, 6) is 2.18. The Morgan fingerprint density at radius 1 is 0.917 bits per heavy atom. The molecule has 0 aliphatic carbocycles. The average Bonchev–Trinajstić information content (AvgIpc) is 3.27. The topological polar surface area (TPSA) is 76.4 Å². The van der Waals surface area contributed by atoms with Crippen LogP contribution in [-0.4, -0.2) is 48.4 Å². The number of unbranched alkanes of at least 4 members (excludes halogenated alkanes) is 1. The number of rotatable bonds is 12. The van der Waals surface area contributed by atoms with E-state index < -0.39 is 8.07 Å². The first-order valence-electron chi connectivity index (χ1n) is 12.3. The zero-order valence-corrected chi connectivity index (χ0v) is 23.9. The van der Waals surface area contributed by atoms with Gasteiger partial charge in [0.2, 0.25) is 11.5 Å². The smallest absolute Gasteiger partial charge is 0.205 e. The number of fused-ring (bicyclic) bond motifs is 1. The van der Waals surface area contributed by atoms with Gasteiger partial charge in [-0.2, -0.15) is 0 Å². The molecule has 0 N–H and O–H groups in total. The summed E-state index contributed by atoms with van der Waals surface area (Å²) in [5.41, 5.74) is 1.52. The minimum Gasteiger partial charge on any atom is -0.493 e. The molecule has 1 aromatic heterocycles. The first-order chi connectivity index (χ1) is 17.1. The average molecular weight is 515 g/mol. The Balaban J connectivity index is 2.34. The van der Waals surface area contributed by atoms with Crippen LogP contribution < -0.4 is 29.1 Å². The molecule has 0 aliphatic rings. The molecule has 0 spiro atoms. The van der Waals surface area contributed by atoms with E-state index in [0.717, 1.165) is 24.3 Å². The number of ether oxygens (including phenoxy) is 5. The maximum absolute atomic E-state index is 14.2. The van der Waals surface area contributed by atoms with Gasteiger partial charge >= 0.3 is 0 Å². The second kappa shape index (κ2) is 11.3. The quantitative estimate of drug-likeness (QED) is 0.210. The fourth-order valence-electron chi connectivity index (χ4n) is 4.42. The fourth-order valence-corrected chi connectivity index (χ4v) is 7.18. The summed E-state index contributed by atoms with van der Waals surface area (Å²) in [6.07, 6.45) is 2.03. The van der Waals surface area contributed by atoms with Crippen LogP contribution in [0.15, 0.2) is 28.7 Å². The van der Waals surface area contributed by atoms with Crippen molar-refractivity contribution < 1.29 is 32.9 Å². The molecule has 0 saturated carbocycles. The van der Waals surface area contributed by atoms with Crippen LogP contribution >= 0.6 is 0 Å². The van der Waals surface area contributed by atoms with Crippen molar-refractivity contribution in [3.63, 3.8) is 0 Å². The third kappa shape index (κ3) is 5.19. The summed E-state index contributed by atoms with van der Waals surface area (Å²) < 4.78 is 34.8. The lowest BCUT2D eigenvalue weighted by Gasteiger charge is -2.21. The summed E-state index contributed by atoms with van der Waals surface area (Å²) in [4.78, 5) is 14.2. The number of furan rings is 1. The van der Waals surface area contributed by atoms with Gasteiger partial charge in [-0.15, -0.1) is 0 Å². The van der Waals surface area contributed by atoms with Gasteiger partial charge < -0.3 is 28.1 Å². The molecule has 0 unspecified atom stereocenters. The fraction of sp³-hybridized carbons (Fsp3) is 0.464. The molecule has 0 atom stereocenters. The highest BCUT2D eigenvalue weighted by Gasteiger charge is 2.36. The van der Waals surface area contributed by atoms with E-state index in [1.54, 1.807) is 19.2 Å². The first-order valence-corrected chi connectivity index (χ1v) is 15.5. The molecule has 0 amide bonds. The van der Waals surface area contributed by atoms with Gasteiger partial charge in [0.25, 0.3) is 0 Å². The first kappa shape index (κ1) is 27.5. The lowest BCUT2D eigenvalue weighted by atomic mass is 10.0. The van der Waals surface area contributed by atoms with E-state index in [1.165, 1.54) is 21.3 Å². The Kier molecular flexibility index (Phi) is 8.61. The Morgan fingerprint density at radius 2 is 1.53 bits per heavy atom. The van der Waals surface area contributed by atoms with Crippen LogP contribution in [0.1, 0.15) is 49.5 Å². The van der Waals surface area contributed by atoms with E-state index in [1.807, 2.05) is 26.0 Å². The predicted molar refractivity (Wildman–Crippen MR) is 145 cm³/mol. The van der Waals surface area contributed by atoms with Gasteiger partial charge in [-0.3, -0.25) is 4.79 Å². The van der Waals surface area contributed by atoms with Crippen LogP contribution in [0.4, 0.5) is 0 Å². The number of hydrogen-bond acceptors (Lipinski definition) is 7. The highest BCUT2D eigenvalue weighted by atomic mass is 28.3. The van der Waals surface area contributed by atoms with E-state index in [9.17, 15) is 4.79 Å². The van der Waals surface area contributed by atoms with Crippen molar-refractivity contribution in [1.82, 2.24) is 0 Å². The Bertz CT molecular complexity index is 1200. The maximum atomic E-state index is 14.2. The number of methoxy groups -OCH3 is 4. The standard InChI is InChI=1S/C28H38O7Si/c1-10-11-14-36(8,9)28-23(19-12-13-20(30-4)27(25(19)35-28)34-17(2)3)24(29)18-15-21(31-5)26(33-7)22(16-18)32-6/h12-13,15-17H,10-11,14H2,1-9H3.